The predicted molar refractivity (Wildman–Crippen MR) is 237 cm³/mol. The molecular formula is C46H53N9O4S. The average Bonchev–Trinajstić information content (AvgIpc) is 4.17. The monoisotopic (exact) mass is 827 g/mol. The molecule has 0 radical (unpaired) electrons. The van der Waals surface area contributed by atoms with Crippen molar-refractivity contribution in [2.75, 3.05) is 87.3 Å². The van der Waals surface area contributed by atoms with E-state index in [-0.39, 0.29) is 17.9 Å². The molecule has 5 aliphatic heterocycles. The maximum absolute atomic E-state index is 12.7. The lowest BCUT2D eigenvalue weighted by Crippen LogP contribution is -2.38. The van der Waals surface area contributed by atoms with Crippen LogP contribution in [0.3, 0.4) is 0 Å². The van der Waals surface area contributed by atoms with Crippen LogP contribution < -0.4 is 20.4 Å². The quantitative estimate of drug-likeness (QED) is 0.129. The Morgan fingerprint density at radius 3 is 2.40 bits per heavy atom. The van der Waals surface area contributed by atoms with Gasteiger partial charge in [0.05, 0.1) is 42.0 Å². The van der Waals surface area contributed by atoms with Crippen molar-refractivity contribution in [3.05, 3.63) is 78.6 Å². The first kappa shape index (κ1) is 39.2. The molecule has 4 aromatic heterocycles. The molecule has 5 aliphatic rings. The lowest BCUT2D eigenvalue weighted by molar-refractivity contribution is -0.119. The van der Waals surface area contributed by atoms with E-state index in [1.165, 1.54) is 25.9 Å². The van der Waals surface area contributed by atoms with Crippen molar-refractivity contribution in [2.45, 2.75) is 50.7 Å². The first-order chi connectivity index (χ1) is 29.6. The van der Waals surface area contributed by atoms with Crippen molar-refractivity contribution in [3.8, 4) is 22.3 Å². The van der Waals surface area contributed by atoms with Gasteiger partial charge in [0.2, 0.25) is 17.6 Å². The number of thiophene rings is 1. The van der Waals surface area contributed by atoms with Crippen LogP contribution in [0.25, 0.3) is 43.6 Å². The van der Waals surface area contributed by atoms with E-state index in [0.29, 0.717) is 30.2 Å². The first-order valence-electron chi connectivity index (χ1n) is 21.7. The van der Waals surface area contributed by atoms with Gasteiger partial charge in [0, 0.05) is 55.8 Å². The van der Waals surface area contributed by atoms with Crippen LogP contribution in [-0.4, -0.2) is 115 Å². The fourth-order valence-electron chi connectivity index (χ4n) is 9.46. The Morgan fingerprint density at radius 1 is 0.900 bits per heavy atom. The van der Waals surface area contributed by atoms with Gasteiger partial charge in [-0.25, -0.2) is 15.0 Å². The lowest BCUT2D eigenvalue weighted by Gasteiger charge is -2.33. The summed E-state index contributed by atoms with van der Waals surface area (Å²) in [4.78, 5) is 39.4. The molecule has 0 spiro atoms. The Kier molecular flexibility index (Phi) is 11.7. The summed E-state index contributed by atoms with van der Waals surface area (Å²) in [5.41, 5.74) is 5.16. The van der Waals surface area contributed by atoms with Crippen molar-refractivity contribution in [1.82, 2.24) is 30.2 Å². The summed E-state index contributed by atoms with van der Waals surface area (Å²) in [7, 11) is 0. The third kappa shape index (κ3) is 8.35. The molecule has 6 aromatic rings. The van der Waals surface area contributed by atoms with Crippen LogP contribution in [0.4, 0.5) is 17.6 Å². The van der Waals surface area contributed by atoms with E-state index in [1.54, 1.807) is 23.9 Å². The normalized spacial score (nSPS) is 21.9. The van der Waals surface area contributed by atoms with Gasteiger partial charge >= 0.3 is 0 Å². The van der Waals surface area contributed by atoms with E-state index < -0.39 is 0 Å². The maximum atomic E-state index is 12.7. The molecule has 0 saturated carbocycles. The summed E-state index contributed by atoms with van der Waals surface area (Å²) in [5, 5.41) is 10.5. The molecule has 13 nitrogen and oxygen atoms in total. The molecule has 2 aromatic carbocycles. The van der Waals surface area contributed by atoms with Crippen LogP contribution in [0.1, 0.15) is 38.5 Å². The summed E-state index contributed by atoms with van der Waals surface area (Å²) in [6.45, 7) is 10.5. The Balaban J connectivity index is 0.000000144. The van der Waals surface area contributed by atoms with E-state index in [4.69, 9.17) is 23.9 Å². The van der Waals surface area contributed by atoms with Gasteiger partial charge in [0.15, 0.2) is 0 Å². The lowest BCUT2D eigenvalue weighted by atomic mass is 9.97. The number of hydrogen-bond acceptors (Lipinski definition) is 13. The van der Waals surface area contributed by atoms with Crippen LogP contribution in [0.2, 0.25) is 0 Å². The van der Waals surface area contributed by atoms with E-state index >= 15 is 0 Å². The van der Waals surface area contributed by atoms with E-state index in [2.05, 4.69) is 77.1 Å². The number of ether oxygens (including phenoxy) is 2. The van der Waals surface area contributed by atoms with Crippen molar-refractivity contribution in [2.24, 2.45) is 11.8 Å². The molecule has 2 bridgehead atoms. The summed E-state index contributed by atoms with van der Waals surface area (Å²) < 4.78 is 17.6. The molecule has 312 valence electrons. The minimum Gasteiger partial charge on any atom is -0.445 e. The second-order valence-corrected chi connectivity index (χ2v) is 17.5. The molecule has 3 atom stereocenters. The number of anilines is 3. The molecule has 5 fully saturated rings. The number of nitrogens with one attached hydrogen (secondary N) is 2. The van der Waals surface area contributed by atoms with Crippen molar-refractivity contribution >= 4 is 56.1 Å². The van der Waals surface area contributed by atoms with Crippen molar-refractivity contribution in [3.63, 3.8) is 0 Å². The highest BCUT2D eigenvalue weighted by molar-refractivity contribution is 7.17. The number of nitrogens with zero attached hydrogens (tertiary/aromatic N) is 7. The minimum absolute atomic E-state index is 0.00332. The van der Waals surface area contributed by atoms with Crippen LogP contribution in [-0.2, 0) is 14.3 Å². The Morgan fingerprint density at radius 2 is 1.68 bits per heavy atom. The zero-order valence-corrected chi connectivity index (χ0v) is 34.8. The number of aromatic nitrogens is 4. The second kappa shape index (κ2) is 17.9. The number of carbonyl (C=O) groups excluding carboxylic acids is 1. The maximum Gasteiger partial charge on any atom is 0.232 e. The summed E-state index contributed by atoms with van der Waals surface area (Å²) in [5.74, 6) is 2.91. The fraction of sp³-hybridized carbons (Fsp3) is 0.457. The number of fused-ring (bicyclic) bond motifs is 4. The smallest absolute Gasteiger partial charge is 0.232 e. The fourth-order valence-corrected chi connectivity index (χ4v) is 10.4. The molecule has 11 rings (SSSR count). The third-order valence-corrected chi connectivity index (χ3v) is 13.7. The third-order valence-electron chi connectivity index (χ3n) is 12.8. The van der Waals surface area contributed by atoms with E-state index in [0.717, 1.165) is 128 Å². The van der Waals surface area contributed by atoms with Gasteiger partial charge in [-0.15, -0.1) is 11.3 Å². The molecule has 0 aliphatic carbocycles. The zero-order chi connectivity index (χ0) is 40.3. The van der Waals surface area contributed by atoms with Crippen LogP contribution in [0, 0.1) is 11.8 Å². The number of furan rings is 1. The van der Waals surface area contributed by atoms with Gasteiger partial charge in [-0.3, -0.25) is 10.1 Å². The molecule has 5 saturated heterocycles. The number of morpholine rings is 1. The number of likely N-dealkylation sites (tertiary alicyclic amines) is 1. The topological polar surface area (TPSA) is 134 Å². The zero-order valence-electron chi connectivity index (χ0n) is 34.0. The van der Waals surface area contributed by atoms with Gasteiger partial charge in [-0.05, 0) is 75.2 Å². The van der Waals surface area contributed by atoms with Gasteiger partial charge in [-0.2, -0.15) is 4.98 Å². The highest BCUT2D eigenvalue weighted by Gasteiger charge is 2.41. The van der Waals surface area contributed by atoms with Crippen LogP contribution in [0.5, 0.6) is 0 Å². The van der Waals surface area contributed by atoms with Gasteiger partial charge in [0.25, 0.3) is 0 Å². The molecule has 1 amide bonds. The number of hydrogen-bond donors (Lipinski definition) is 2. The largest absolute Gasteiger partial charge is 0.445 e. The van der Waals surface area contributed by atoms with Crippen LogP contribution in [0.15, 0.2) is 83.1 Å². The minimum atomic E-state index is -0.0211. The van der Waals surface area contributed by atoms with Crippen molar-refractivity contribution in [1.29, 1.82) is 0 Å². The number of benzene rings is 2. The summed E-state index contributed by atoms with van der Waals surface area (Å²) >= 11 is 1.60. The van der Waals surface area contributed by atoms with Gasteiger partial charge < -0.3 is 33.9 Å². The SMILES string of the molecule is O=C(Nc1nc(N2CC3CC2CO3)c2c(-c3ccccc3)csc2n1)C1CCNC1.c1ccc(-c2coc3ncnc(N4CCC(COCCN5CCCC5)CC4)c23)cc1. The molecule has 14 heteroatoms. The Hall–Kier alpha value is -4.99. The molecule has 9 heterocycles. The summed E-state index contributed by atoms with van der Waals surface area (Å²) in [6.07, 6.45) is 10.5. The molecule has 3 unspecified atom stereocenters. The van der Waals surface area contributed by atoms with Gasteiger partial charge in [-0.1, -0.05) is 60.7 Å². The number of rotatable bonds is 11. The standard InChI is InChI=1S/C24H30N4O2.C22H23N5O2S/c1-2-6-20(7-3-1)21-17-30-24-22(21)23(25-18-26-24)28-12-8-19(9-13-28)16-29-15-14-27-10-4-5-11-27;28-20(14-6-7-23-9-14)25-22-24-19(27-10-16-8-15(27)11-29-16)18-17(12-30-21(18)26-22)13-4-2-1-3-5-13/h1-3,6-7,17-19H,4-5,8-16H2;1-5,12,14-16,23H,6-11H2,(H,24,25,26,28). The van der Waals surface area contributed by atoms with E-state index in [9.17, 15) is 4.79 Å². The molecular weight excluding hydrogens is 775 g/mol. The predicted octanol–water partition coefficient (Wildman–Crippen LogP) is 7.10. The number of carbonyl (C=O) groups is 1. The van der Waals surface area contributed by atoms with E-state index in [1.807, 2.05) is 24.3 Å². The average molecular weight is 828 g/mol. The summed E-state index contributed by atoms with van der Waals surface area (Å²) in [6, 6.07) is 21.0. The Labute approximate surface area is 354 Å². The number of amides is 1. The second-order valence-electron chi connectivity index (χ2n) is 16.7. The molecule has 2 N–H and O–H groups in total. The van der Waals surface area contributed by atoms with Crippen molar-refractivity contribution < 1.29 is 18.7 Å². The number of piperidine rings is 1. The molecule has 60 heavy (non-hydrogen) atoms. The highest BCUT2D eigenvalue weighted by Crippen LogP contribution is 2.43. The first-order valence-corrected chi connectivity index (χ1v) is 22.6. The van der Waals surface area contributed by atoms with Gasteiger partial charge in [0.1, 0.15) is 29.1 Å². The van der Waals surface area contributed by atoms with Crippen LogP contribution >= 0.6 is 11.3 Å². The Bertz CT molecular complexity index is 2370. The highest BCUT2D eigenvalue weighted by atomic mass is 32.1.